The molecule has 1 saturated heterocycles. The highest BCUT2D eigenvalue weighted by atomic mass is 16.5. The summed E-state index contributed by atoms with van der Waals surface area (Å²) in [4.78, 5) is 2.31. The summed E-state index contributed by atoms with van der Waals surface area (Å²) in [6.45, 7) is 6.43. The number of hydrogen-bond acceptors (Lipinski definition) is 4. The van der Waals surface area contributed by atoms with Gasteiger partial charge in [-0.05, 0) is 44.5 Å². The van der Waals surface area contributed by atoms with Crippen LogP contribution < -0.4 is 4.74 Å². The van der Waals surface area contributed by atoms with E-state index in [1.165, 1.54) is 0 Å². The van der Waals surface area contributed by atoms with Crippen LogP contribution in [0.25, 0.3) is 0 Å². The highest BCUT2D eigenvalue weighted by Crippen LogP contribution is 2.30. The van der Waals surface area contributed by atoms with E-state index in [0.717, 1.165) is 31.6 Å². The maximum Gasteiger partial charge on any atom is 0.160 e. The Morgan fingerprint density at radius 2 is 2.16 bits per heavy atom. The molecule has 4 heteroatoms. The van der Waals surface area contributed by atoms with E-state index in [9.17, 15) is 10.2 Å². The summed E-state index contributed by atoms with van der Waals surface area (Å²) in [6, 6.07) is 5.50. The molecule has 4 nitrogen and oxygen atoms in total. The molecule has 1 aliphatic heterocycles. The monoisotopic (exact) mass is 265 g/mol. The largest absolute Gasteiger partial charge is 0.504 e. The molecule has 0 amide bonds. The fourth-order valence-corrected chi connectivity index (χ4v) is 2.65. The number of rotatable bonds is 4. The summed E-state index contributed by atoms with van der Waals surface area (Å²) in [6.07, 6.45) is 1.02. The van der Waals surface area contributed by atoms with Crippen LogP contribution in [0.15, 0.2) is 18.2 Å². The minimum atomic E-state index is -0.614. The molecule has 1 aromatic rings. The van der Waals surface area contributed by atoms with Gasteiger partial charge in [0.05, 0.1) is 12.7 Å². The zero-order chi connectivity index (χ0) is 14.0. The van der Waals surface area contributed by atoms with Crippen LogP contribution in [-0.2, 0) is 6.54 Å². The van der Waals surface area contributed by atoms with Crippen LogP contribution >= 0.6 is 0 Å². The van der Waals surface area contributed by atoms with Crippen molar-refractivity contribution in [1.82, 2.24) is 4.90 Å². The van der Waals surface area contributed by atoms with Crippen molar-refractivity contribution in [2.45, 2.75) is 32.4 Å². The Morgan fingerprint density at radius 1 is 1.42 bits per heavy atom. The van der Waals surface area contributed by atoms with E-state index >= 15 is 0 Å². The first-order chi connectivity index (χ1) is 8.90. The SMILES string of the molecule is COc1ccc(CN2CC[C@H](C(C)(C)O)C2)cc1O. The third-order valence-corrected chi connectivity index (χ3v) is 3.92. The predicted molar refractivity (Wildman–Crippen MR) is 74.3 cm³/mol. The first kappa shape index (κ1) is 14.2. The number of phenols is 1. The van der Waals surface area contributed by atoms with Gasteiger partial charge in [-0.2, -0.15) is 0 Å². The number of ether oxygens (including phenoxy) is 1. The molecule has 0 unspecified atom stereocenters. The van der Waals surface area contributed by atoms with Gasteiger partial charge in [0.2, 0.25) is 0 Å². The molecule has 106 valence electrons. The number of methoxy groups -OCH3 is 1. The van der Waals surface area contributed by atoms with Crippen LogP contribution in [0.5, 0.6) is 11.5 Å². The van der Waals surface area contributed by atoms with Crippen molar-refractivity contribution in [1.29, 1.82) is 0 Å². The topological polar surface area (TPSA) is 52.9 Å². The van der Waals surface area contributed by atoms with Gasteiger partial charge in [0.1, 0.15) is 0 Å². The van der Waals surface area contributed by atoms with Crippen LogP contribution in [0, 0.1) is 5.92 Å². The van der Waals surface area contributed by atoms with E-state index in [-0.39, 0.29) is 5.75 Å². The second-order valence-electron chi connectivity index (χ2n) is 5.88. The van der Waals surface area contributed by atoms with Crippen LogP contribution in [-0.4, -0.2) is 40.9 Å². The van der Waals surface area contributed by atoms with Gasteiger partial charge in [0.25, 0.3) is 0 Å². The second-order valence-corrected chi connectivity index (χ2v) is 5.88. The van der Waals surface area contributed by atoms with E-state index in [4.69, 9.17) is 4.74 Å². The van der Waals surface area contributed by atoms with E-state index < -0.39 is 5.60 Å². The summed E-state index contributed by atoms with van der Waals surface area (Å²) >= 11 is 0. The maximum absolute atomic E-state index is 10.0. The lowest BCUT2D eigenvalue weighted by atomic mass is 9.90. The number of nitrogens with zero attached hydrogens (tertiary/aromatic N) is 1. The Bertz CT molecular complexity index is 440. The molecule has 0 aromatic heterocycles. The standard InChI is InChI=1S/C15H23NO3/c1-15(2,18)12-6-7-16(10-12)9-11-4-5-14(19-3)13(17)8-11/h4-5,8,12,17-18H,6-7,9-10H2,1-3H3/t12-/m0/s1. The van der Waals surface area contributed by atoms with Crippen molar-refractivity contribution in [2.24, 2.45) is 5.92 Å². The smallest absolute Gasteiger partial charge is 0.160 e. The molecule has 1 heterocycles. The molecule has 1 atom stereocenters. The molecule has 2 rings (SSSR count). The lowest BCUT2D eigenvalue weighted by molar-refractivity contribution is 0.0208. The normalized spacial score (nSPS) is 20.7. The average molecular weight is 265 g/mol. The van der Waals surface area contributed by atoms with Crippen LogP contribution in [0.1, 0.15) is 25.8 Å². The van der Waals surface area contributed by atoms with Crippen molar-refractivity contribution < 1.29 is 14.9 Å². The summed E-state index contributed by atoms with van der Waals surface area (Å²) in [7, 11) is 1.54. The highest BCUT2D eigenvalue weighted by molar-refractivity contribution is 5.41. The summed E-state index contributed by atoms with van der Waals surface area (Å²) < 4.78 is 5.04. The van der Waals surface area contributed by atoms with Gasteiger partial charge in [-0.15, -0.1) is 0 Å². The molecule has 1 fully saturated rings. The molecular weight excluding hydrogens is 242 g/mol. The van der Waals surface area contributed by atoms with E-state index in [1.807, 2.05) is 19.9 Å². The highest BCUT2D eigenvalue weighted by Gasteiger charge is 2.33. The molecule has 0 saturated carbocycles. The van der Waals surface area contributed by atoms with E-state index in [0.29, 0.717) is 11.7 Å². The number of likely N-dealkylation sites (tertiary alicyclic amines) is 1. The van der Waals surface area contributed by atoms with Crippen LogP contribution in [0.4, 0.5) is 0 Å². The van der Waals surface area contributed by atoms with E-state index in [2.05, 4.69) is 4.90 Å². The fraction of sp³-hybridized carbons (Fsp3) is 0.600. The number of phenolic OH excluding ortho intramolecular Hbond substituents is 1. The van der Waals surface area contributed by atoms with Gasteiger partial charge in [-0.1, -0.05) is 6.07 Å². The summed E-state index contributed by atoms with van der Waals surface area (Å²) in [5.74, 6) is 0.997. The number of aromatic hydroxyl groups is 1. The van der Waals surface area contributed by atoms with Crippen molar-refractivity contribution in [2.75, 3.05) is 20.2 Å². The van der Waals surface area contributed by atoms with Crippen LogP contribution in [0.3, 0.4) is 0 Å². The molecule has 0 aliphatic carbocycles. The number of hydrogen-bond donors (Lipinski definition) is 2. The lowest BCUT2D eigenvalue weighted by Gasteiger charge is -2.25. The molecular formula is C15H23NO3. The summed E-state index contributed by atoms with van der Waals surface area (Å²) in [5.41, 5.74) is 0.450. The predicted octanol–water partition coefficient (Wildman–Crippen LogP) is 1.99. The third kappa shape index (κ3) is 3.39. The Balaban J connectivity index is 1.98. The van der Waals surface area contributed by atoms with Crippen molar-refractivity contribution in [3.63, 3.8) is 0 Å². The quantitative estimate of drug-likeness (QED) is 0.874. The van der Waals surface area contributed by atoms with Gasteiger partial charge in [0, 0.05) is 19.0 Å². The van der Waals surface area contributed by atoms with Crippen LogP contribution in [0.2, 0.25) is 0 Å². The van der Waals surface area contributed by atoms with Crippen molar-refractivity contribution in [3.05, 3.63) is 23.8 Å². The molecule has 1 aromatic carbocycles. The zero-order valence-corrected chi connectivity index (χ0v) is 11.9. The first-order valence-electron chi connectivity index (χ1n) is 6.71. The first-order valence-corrected chi connectivity index (χ1v) is 6.71. The Labute approximate surface area is 114 Å². The molecule has 2 N–H and O–H groups in total. The third-order valence-electron chi connectivity index (χ3n) is 3.92. The molecule has 0 spiro atoms. The molecule has 0 radical (unpaired) electrons. The fourth-order valence-electron chi connectivity index (χ4n) is 2.65. The van der Waals surface area contributed by atoms with Gasteiger partial charge in [0.15, 0.2) is 11.5 Å². The van der Waals surface area contributed by atoms with Crippen molar-refractivity contribution in [3.8, 4) is 11.5 Å². The van der Waals surface area contributed by atoms with Gasteiger partial charge in [-0.3, -0.25) is 4.90 Å². The summed E-state index contributed by atoms with van der Waals surface area (Å²) in [5, 5.41) is 19.8. The number of aliphatic hydroxyl groups is 1. The van der Waals surface area contributed by atoms with Crippen molar-refractivity contribution >= 4 is 0 Å². The number of benzene rings is 1. The average Bonchev–Trinajstić information content (AvgIpc) is 2.77. The molecule has 1 aliphatic rings. The molecule has 19 heavy (non-hydrogen) atoms. The Hall–Kier alpha value is -1.26. The van der Waals surface area contributed by atoms with Gasteiger partial charge in [-0.25, -0.2) is 0 Å². The van der Waals surface area contributed by atoms with E-state index in [1.54, 1.807) is 19.2 Å². The lowest BCUT2D eigenvalue weighted by Crippen LogP contribution is -2.33. The Kier molecular flexibility index (Phi) is 4.02. The van der Waals surface area contributed by atoms with Gasteiger partial charge < -0.3 is 14.9 Å². The maximum atomic E-state index is 10.0. The minimum absolute atomic E-state index is 0.179. The zero-order valence-electron chi connectivity index (χ0n) is 11.9. The second kappa shape index (κ2) is 5.39. The minimum Gasteiger partial charge on any atom is -0.504 e. The Morgan fingerprint density at radius 3 is 2.68 bits per heavy atom. The van der Waals surface area contributed by atoms with Gasteiger partial charge >= 0.3 is 0 Å². The molecule has 0 bridgehead atoms.